The van der Waals surface area contributed by atoms with Crippen LogP contribution in [0, 0.1) is 5.92 Å². The van der Waals surface area contributed by atoms with Crippen molar-refractivity contribution >= 4 is 5.91 Å². The van der Waals surface area contributed by atoms with Crippen molar-refractivity contribution in [3.05, 3.63) is 25.3 Å². The van der Waals surface area contributed by atoms with Crippen LogP contribution < -0.4 is 5.73 Å². The SMILES string of the molecule is C=CCN(CC=C)C(C(=O)N1CCC(N)CC1)C(C)C. The second-order valence-electron chi connectivity index (χ2n) is 5.88. The lowest BCUT2D eigenvalue weighted by Crippen LogP contribution is -2.54. The number of carbonyl (C=O) groups excluding carboxylic acids is 1. The summed E-state index contributed by atoms with van der Waals surface area (Å²) in [6.07, 6.45) is 5.50. The van der Waals surface area contributed by atoms with Gasteiger partial charge in [0.1, 0.15) is 0 Å². The summed E-state index contributed by atoms with van der Waals surface area (Å²) in [5.41, 5.74) is 5.91. The fourth-order valence-corrected chi connectivity index (χ4v) is 2.80. The number of nitrogens with two attached hydrogens (primary N) is 1. The van der Waals surface area contributed by atoms with Crippen LogP contribution in [-0.2, 0) is 4.79 Å². The van der Waals surface area contributed by atoms with Crippen molar-refractivity contribution in [2.24, 2.45) is 11.7 Å². The molecule has 1 aliphatic heterocycles. The lowest BCUT2D eigenvalue weighted by Gasteiger charge is -2.38. The van der Waals surface area contributed by atoms with E-state index in [9.17, 15) is 4.79 Å². The molecule has 0 aromatic heterocycles. The molecule has 1 unspecified atom stereocenters. The topological polar surface area (TPSA) is 49.6 Å². The van der Waals surface area contributed by atoms with Crippen LogP contribution >= 0.6 is 0 Å². The number of amides is 1. The number of piperidine rings is 1. The molecule has 1 saturated heterocycles. The average molecular weight is 279 g/mol. The Bertz CT molecular complexity index is 323. The maximum Gasteiger partial charge on any atom is 0.240 e. The lowest BCUT2D eigenvalue weighted by molar-refractivity contribution is -0.139. The molecule has 20 heavy (non-hydrogen) atoms. The Balaban J connectivity index is 2.79. The van der Waals surface area contributed by atoms with Crippen LogP contribution in [0.25, 0.3) is 0 Å². The molecule has 1 aliphatic rings. The molecule has 1 fully saturated rings. The third-order valence-corrected chi connectivity index (χ3v) is 3.86. The Morgan fingerprint density at radius 3 is 2.20 bits per heavy atom. The molecule has 1 heterocycles. The molecule has 0 bridgehead atoms. The molecule has 114 valence electrons. The average Bonchev–Trinajstić information content (AvgIpc) is 2.39. The van der Waals surface area contributed by atoms with Crippen molar-refractivity contribution in [2.45, 2.75) is 38.8 Å². The van der Waals surface area contributed by atoms with Crippen molar-refractivity contribution in [1.29, 1.82) is 0 Å². The Hall–Kier alpha value is -1.13. The third kappa shape index (κ3) is 4.46. The maximum atomic E-state index is 12.8. The summed E-state index contributed by atoms with van der Waals surface area (Å²) in [6, 6.07) is 0.134. The fourth-order valence-electron chi connectivity index (χ4n) is 2.80. The zero-order chi connectivity index (χ0) is 15.1. The van der Waals surface area contributed by atoms with E-state index in [4.69, 9.17) is 5.73 Å². The largest absolute Gasteiger partial charge is 0.341 e. The first kappa shape index (κ1) is 16.9. The van der Waals surface area contributed by atoms with Gasteiger partial charge < -0.3 is 10.6 Å². The van der Waals surface area contributed by atoms with E-state index in [-0.39, 0.29) is 23.9 Å². The van der Waals surface area contributed by atoms with E-state index in [1.807, 2.05) is 17.1 Å². The van der Waals surface area contributed by atoms with Gasteiger partial charge in [-0.15, -0.1) is 13.2 Å². The summed E-state index contributed by atoms with van der Waals surface area (Å²) in [7, 11) is 0. The monoisotopic (exact) mass is 279 g/mol. The summed E-state index contributed by atoms with van der Waals surface area (Å²) in [4.78, 5) is 16.9. The minimum atomic E-state index is -0.111. The summed E-state index contributed by atoms with van der Waals surface area (Å²) in [5.74, 6) is 0.480. The van der Waals surface area contributed by atoms with Gasteiger partial charge in [-0.3, -0.25) is 9.69 Å². The van der Waals surface area contributed by atoms with Crippen molar-refractivity contribution in [3.8, 4) is 0 Å². The molecule has 1 rings (SSSR count). The second kappa shape index (κ2) is 8.22. The van der Waals surface area contributed by atoms with Crippen LogP contribution in [0.5, 0.6) is 0 Å². The maximum absolute atomic E-state index is 12.8. The van der Waals surface area contributed by atoms with E-state index >= 15 is 0 Å². The highest BCUT2D eigenvalue weighted by atomic mass is 16.2. The molecule has 0 aromatic rings. The van der Waals surface area contributed by atoms with Crippen molar-refractivity contribution in [2.75, 3.05) is 26.2 Å². The van der Waals surface area contributed by atoms with E-state index in [1.165, 1.54) is 0 Å². The number of hydrogen-bond acceptors (Lipinski definition) is 3. The van der Waals surface area contributed by atoms with Crippen LogP contribution in [0.15, 0.2) is 25.3 Å². The van der Waals surface area contributed by atoms with E-state index in [0.717, 1.165) is 25.9 Å². The number of nitrogens with zero attached hydrogens (tertiary/aromatic N) is 2. The summed E-state index contributed by atoms with van der Waals surface area (Å²) in [6.45, 7) is 14.7. The number of carbonyl (C=O) groups is 1. The highest BCUT2D eigenvalue weighted by Gasteiger charge is 2.32. The van der Waals surface area contributed by atoms with Gasteiger partial charge in [0.05, 0.1) is 6.04 Å². The Morgan fingerprint density at radius 2 is 1.80 bits per heavy atom. The summed E-state index contributed by atoms with van der Waals surface area (Å²) < 4.78 is 0. The van der Waals surface area contributed by atoms with Crippen LogP contribution in [0.1, 0.15) is 26.7 Å². The molecule has 4 heteroatoms. The standard InChI is InChI=1S/C16H29N3O/c1-5-9-18(10-6-2)15(13(3)4)16(20)19-11-7-14(17)8-12-19/h5-6,13-15H,1-2,7-12,17H2,3-4H3. The van der Waals surface area contributed by atoms with Gasteiger partial charge in [-0.25, -0.2) is 0 Å². The highest BCUT2D eigenvalue weighted by molar-refractivity contribution is 5.82. The van der Waals surface area contributed by atoms with Crippen LogP contribution in [-0.4, -0.2) is 54.0 Å². The molecule has 1 atom stereocenters. The Labute approximate surface area is 123 Å². The first-order valence-corrected chi connectivity index (χ1v) is 7.51. The van der Waals surface area contributed by atoms with Crippen LogP contribution in [0.2, 0.25) is 0 Å². The van der Waals surface area contributed by atoms with Gasteiger partial charge in [0.2, 0.25) is 5.91 Å². The van der Waals surface area contributed by atoms with Crippen LogP contribution in [0.4, 0.5) is 0 Å². The molecule has 0 spiro atoms. The van der Waals surface area contributed by atoms with E-state index in [0.29, 0.717) is 13.1 Å². The molecule has 0 aliphatic carbocycles. The lowest BCUT2D eigenvalue weighted by atomic mass is 9.98. The smallest absolute Gasteiger partial charge is 0.240 e. The van der Waals surface area contributed by atoms with Gasteiger partial charge in [0.15, 0.2) is 0 Å². The van der Waals surface area contributed by atoms with Crippen molar-refractivity contribution < 1.29 is 4.79 Å². The van der Waals surface area contributed by atoms with Gasteiger partial charge in [-0.1, -0.05) is 26.0 Å². The fraction of sp³-hybridized carbons (Fsp3) is 0.688. The second-order valence-corrected chi connectivity index (χ2v) is 5.88. The van der Waals surface area contributed by atoms with E-state index in [2.05, 4.69) is 31.9 Å². The number of likely N-dealkylation sites (tertiary alicyclic amines) is 1. The summed E-state index contributed by atoms with van der Waals surface area (Å²) in [5, 5.41) is 0. The Morgan fingerprint density at radius 1 is 1.30 bits per heavy atom. The third-order valence-electron chi connectivity index (χ3n) is 3.86. The molecular formula is C16H29N3O. The first-order valence-electron chi connectivity index (χ1n) is 7.51. The molecule has 2 N–H and O–H groups in total. The predicted molar refractivity (Wildman–Crippen MR) is 84.4 cm³/mol. The number of hydrogen-bond donors (Lipinski definition) is 1. The quantitative estimate of drug-likeness (QED) is 0.721. The van der Waals surface area contributed by atoms with Gasteiger partial charge in [0, 0.05) is 32.2 Å². The van der Waals surface area contributed by atoms with Gasteiger partial charge in [-0.2, -0.15) is 0 Å². The molecule has 0 saturated carbocycles. The minimum absolute atomic E-state index is 0.111. The normalized spacial score (nSPS) is 18.4. The van der Waals surface area contributed by atoms with Gasteiger partial charge in [0.25, 0.3) is 0 Å². The zero-order valence-corrected chi connectivity index (χ0v) is 12.9. The van der Waals surface area contributed by atoms with Crippen molar-refractivity contribution in [1.82, 2.24) is 9.80 Å². The van der Waals surface area contributed by atoms with E-state index < -0.39 is 0 Å². The van der Waals surface area contributed by atoms with Gasteiger partial charge >= 0.3 is 0 Å². The predicted octanol–water partition coefficient (Wildman–Crippen LogP) is 1.63. The minimum Gasteiger partial charge on any atom is -0.341 e. The zero-order valence-electron chi connectivity index (χ0n) is 12.9. The summed E-state index contributed by atoms with van der Waals surface area (Å²) >= 11 is 0. The first-order chi connectivity index (χ1) is 9.51. The van der Waals surface area contributed by atoms with Crippen molar-refractivity contribution in [3.63, 3.8) is 0 Å². The Kier molecular flexibility index (Phi) is 6.96. The molecule has 1 amide bonds. The molecule has 0 radical (unpaired) electrons. The molecule has 4 nitrogen and oxygen atoms in total. The van der Waals surface area contributed by atoms with Crippen LogP contribution in [0.3, 0.4) is 0 Å². The van der Waals surface area contributed by atoms with Gasteiger partial charge in [-0.05, 0) is 18.8 Å². The molecular weight excluding hydrogens is 250 g/mol. The van der Waals surface area contributed by atoms with E-state index in [1.54, 1.807) is 0 Å². The highest BCUT2D eigenvalue weighted by Crippen LogP contribution is 2.17. The molecule has 0 aromatic carbocycles. The number of rotatable bonds is 7.